The topological polar surface area (TPSA) is 21.3 Å². The van der Waals surface area contributed by atoms with Crippen LogP contribution in [0.2, 0.25) is 0 Å². The van der Waals surface area contributed by atoms with E-state index in [1.807, 2.05) is 6.07 Å². The van der Waals surface area contributed by atoms with E-state index in [1.54, 1.807) is 11.3 Å². The number of likely N-dealkylation sites (N-methyl/N-ethyl adjacent to an activating group) is 1. The molecule has 1 aliphatic rings. The normalized spacial score (nSPS) is 18.9. The zero-order valence-electron chi connectivity index (χ0n) is 11.1. The minimum atomic E-state index is 0.247. The average molecular weight is 273 g/mol. The summed E-state index contributed by atoms with van der Waals surface area (Å²) in [7, 11) is 0. The molecule has 0 radical (unpaired) electrons. The van der Waals surface area contributed by atoms with Crippen LogP contribution >= 0.6 is 11.3 Å². The number of para-hydroxylation sites is 1. The number of hydrogen-bond acceptors (Lipinski definition) is 3. The summed E-state index contributed by atoms with van der Waals surface area (Å²) < 4.78 is 6.11. The number of thiophene rings is 1. The van der Waals surface area contributed by atoms with Crippen molar-refractivity contribution in [2.24, 2.45) is 0 Å². The van der Waals surface area contributed by atoms with E-state index in [9.17, 15) is 0 Å². The van der Waals surface area contributed by atoms with Crippen LogP contribution in [0, 0.1) is 0 Å². The number of nitrogens with one attached hydrogen (secondary N) is 1. The van der Waals surface area contributed by atoms with Crippen LogP contribution in [-0.4, -0.2) is 18.7 Å². The summed E-state index contributed by atoms with van der Waals surface area (Å²) in [6.45, 7) is 3.13. The first-order valence-corrected chi connectivity index (χ1v) is 7.80. The molecule has 0 aliphatic carbocycles. The fourth-order valence-electron chi connectivity index (χ4n) is 2.69. The molecule has 0 bridgehead atoms. The molecule has 2 unspecified atom stereocenters. The molecule has 1 aromatic carbocycles. The summed E-state index contributed by atoms with van der Waals surface area (Å²) in [5.74, 6) is 1.06. The molecule has 0 fully saturated rings. The molecule has 2 heterocycles. The van der Waals surface area contributed by atoms with Crippen LogP contribution in [0.3, 0.4) is 0 Å². The number of hydrogen-bond donors (Lipinski definition) is 1. The van der Waals surface area contributed by atoms with Gasteiger partial charge in [-0.25, -0.2) is 0 Å². The van der Waals surface area contributed by atoms with Crippen molar-refractivity contribution in [2.45, 2.75) is 31.9 Å². The number of ether oxygens (including phenoxy) is 1. The van der Waals surface area contributed by atoms with Gasteiger partial charge in [0.15, 0.2) is 0 Å². The zero-order chi connectivity index (χ0) is 13.1. The molecule has 0 spiro atoms. The first-order chi connectivity index (χ1) is 9.36. The zero-order valence-corrected chi connectivity index (χ0v) is 12.0. The minimum absolute atomic E-state index is 0.247. The standard InChI is InChI=1S/C16H19NOS/c1-2-17-14(9-12-7-8-19-11-12)16-10-13-5-3-4-6-15(13)18-16/h3-8,11,14,16-17H,2,9-10H2,1H3. The highest BCUT2D eigenvalue weighted by Gasteiger charge is 2.29. The molecule has 2 atom stereocenters. The highest BCUT2D eigenvalue weighted by atomic mass is 32.1. The third-order valence-electron chi connectivity index (χ3n) is 3.62. The van der Waals surface area contributed by atoms with Crippen molar-refractivity contribution < 1.29 is 4.74 Å². The maximum atomic E-state index is 6.11. The van der Waals surface area contributed by atoms with Crippen LogP contribution in [0.25, 0.3) is 0 Å². The van der Waals surface area contributed by atoms with Gasteiger partial charge in [0, 0.05) is 12.5 Å². The second kappa shape index (κ2) is 5.76. The lowest BCUT2D eigenvalue weighted by atomic mass is 9.99. The van der Waals surface area contributed by atoms with Gasteiger partial charge in [0.05, 0.1) is 0 Å². The van der Waals surface area contributed by atoms with E-state index in [0.717, 1.165) is 25.1 Å². The van der Waals surface area contributed by atoms with E-state index >= 15 is 0 Å². The Morgan fingerprint density at radius 2 is 2.26 bits per heavy atom. The first-order valence-electron chi connectivity index (χ1n) is 6.86. The largest absolute Gasteiger partial charge is 0.488 e. The van der Waals surface area contributed by atoms with Crippen molar-refractivity contribution in [3.8, 4) is 5.75 Å². The molecular weight excluding hydrogens is 254 g/mol. The second-order valence-electron chi connectivity index (χ2n) is 4.97. The molecule has 19 heavy (non-hydrogen) atoms. The highest BCUT2D eigenvalue weighted by Crippen LogP contribution is 2.30. The average Bonchev–Trinajstić information content (AvgIpc) is 3.06. The van der Waals surface area contributed by atoms with Crippen LogP contribution in [0.15, 0.2) is 41.1 Å². The molecule has 1 N–H and O–H groups in total. The van der Waals surface area contributed by atoms with Crippen LogP contribution in [0.4, 0.5) is 0 Å². The van der Waals surface area contributed by atoms with Gasteiger partial charge >= 0.3 is 0 Å². The Balaban J connectivity index is 1.72. The quantitative estimate of drug-likeness (QED) is 0.902. The van der Waals surface area contributed by atoms with Gasteiger partial charge in [-0.2, -0.15) is 11.3 Å². The number of fused-ring (bicyclic) bond motifs is 1. The molecule has 1 aliphatic heterocycles. The van der Waals surface area contributed by atoms with Crippen molar-refractivity contribution in [3.05, 3.63) is 52.2 Å². The van der Waals surface area contributed by atoms with Crippen LogP contribution < -0.4 is 10.1 Å². The number of benzene rings is 1. The lowest BCUT2D eigenvalue weighted by Crippen LogP contribution is -2.43. The molecule has 3 rings (SSSR count). The van der Waals surface area contributed by atoms with Gasteiger partial charge < -0.3 is 10.1 Å². The third-order valence-corrected chi connectivity index (χ3v) is 4.35. The maximum Gasteiger partial charge on any atom is 0.123 e. The predicted molar refractivity (Wildman–Crippen MR) is 80.0 cm³/mol. The van der Waals surface area contributed by atoms with Gasteiger partial charge in [0.2, 0.25) is 0 Å². The molecule has 0 saturated heterocycles. The monoisotopic (exact) mass is 273 g/mol. The van der Waals surface area contributed by atoms with Crippen molar-refractivity contribution in [1.29, 1.82) is 0 Å². The van der Waals surface area contributed by atoms with Crippen LogP contribution in [0.1, 0.15) is 18.1 Å². The maximum absolute atomic E-state index is 6.11. The summed E-state index contributed by atoms with van der Waals surface area (Å²) in [6, 6.07) is 11.0. The Kier molecular flexibility index (Phi) is 3.85. The van der Waals surface area contributed by atoms with Gasteiger partial charge in [0.1, 0.15) is 11.9 Å². The van der Waals surface area contributed by atoms with E-state index in [2.05, 4.69) is 47.3 Å². The molecular formula is C16H19NOS. The molecule has 3 heteroatoms. The fraction of sp³-hybridized carbons (Fsp3) is 0.375. The summed E-state index contributed by atoms with van der Waals surface area (Å²) in [5, 5.41) is 7.95. The third kappa shape index (κ3) is 2.82. The molecule has 100 valence electrons. The predicted octanol–water partition coefficient (Wildman–Crippen LogP) is 3.27. The van der Waals surface area contributed by atoms with Crippen LogP contribution in [0.5, 0.6) is 5.75 Å². The van der Waals surface area contributed by atoms with E-state index < -0.39 is 0 Å². The highest BCUT2D eigenvalue weighted by molar-refractivity contribution is 7.07. The van der Waals surface area contributed by atoms with Crippen molar-refractivity contribution in [1.82, 2.24) is 5.32 Å². The molecule has 0 saturated carbocycles. The minimum Gasteiger partial charge on any atom is -0.488 e. The fourth-order valence-corrected chi connectivity index (χ4v) is 3.37. The molecule has 0 amide bonds. The van der Waals surface area contributed by atoms with Gasteiger partial charge in [0.25, 0.3) is 0 Å². The summed E-state index contributed by atoms with van der Waals surface area (Å²) in [4.78, 5) is 0. The SMILES string of the molecule is CCNC(Cc1ccsc1)C1Cc2ccccc2O1. The molecule has 2 aromatic rings. The molecule has 1 aromatic heterocycles. The van der Waals surface area contributed by atoms with E-state index in [1.165, 1.54) is 11.1 Å². The number of rotatable bonds is 5. The van der Waals surface area contributed by atoms with E-state index in [4.69, 9.17) is 4.74 Å². The van der Waals surface area contributed by atoms with Crippen LogP contribution in [-0.2, 0) is 12.8 Å². The lowest BCUT2D eigenvalue weighted by molar-refractivity contribution is 0.178. The summed E-state index contributed by atoms with van der Waals surface area (Å²) in [5.41, 5.74) is 2.73. The molecule has 2 nitrogen and oxygen atoms in total. The Morgan fingerprint density at radius 1 is 1.37 bits per heavy atom. The Labute approximate surface area is 118 Å². The Hall–Kier alpha value is -1.32. The first kappa shape index (κ1) is 12.7. The van der Waals surface area contributed by atoms with Gasteiger partial charge in [-0.05, 0) is 47.0 Å². The summed E-state index contributed by atoms with van der Waals surface area (Å²) in [6.07, 6.45) is 2.30. The van der Waals surface area contributed by atoms with E-state index in [-0.39, 0.29) is 6.10 Å². The van der Waals surface area contributed by atoms with Gasteiger partial charge in [-0.3, -0.25) is 0 Å². The smallest absolute Gasteiger partial charge is 0.123 e. The van der Waals surface area contributed by atoms with E-state index in [0.29, 0.717) is 6.04 Å². The Bertz CT molecular complexity index is 498. The Morgan fingerprint density at radius 3 is 3.00 bits per heavy atom. The summed E-state index contributed by atoms with van der Waals surface area (Å²) >= 11 is 1.76. The van der Waals surface area contributed by atoms with Crippen molar-refractivity contribution >= 4 is 11.3 Å². The van der Waals surface area contributed by atoms with Crippen molar-refractivity contribution in [3.63, 3.8) is 0 Å². The lowest BCUT2D eigenvalue weighted by Gasteiger charge is -2.23. The second-order valence-corrected chi connectivity index (χ2v) is 5.75. The van der Waals surface area contributed by atoms with Crippen molar-refractivity contribution in [2.75, 3.05) is 6.54 Å². The van der Waals surface area contributed by atoms with Gasteiger partial charge in [-0.1, -0.05) is 25.1 Å². The van der Waals surface area contributed by atoms with Gasteiger partial charge in [-0.15, -0.1) is 0 Å².